The molecule has 6 heteroatoms. The minimum Gasteiger partial charge on any atom is -0.361 e. The molecule has 0 spiro atoms. The molecule has 0 amide bonds. The first-order chi connectivity index (χ1) is 7.04. The summed E-state index contributed by atoms with van der Waals surface area (Å²) in [5.41, 5.74) is 0.544. The molecule has 15 heavy (non-hydrogen) atoms. The molecule has 0 bridgehead atoms. The molecule has 2 rings (SSSR count). The largest absolute Gasteiger partial charge is 0.361 e. The number of rotatable bonds is 2. The van der Waals surface area contributed by atoms with Crippen LogP contribution in [-0.4, -0.2) is 20.5 Å². The first-order valence-corrected chi connectivity index (χ1v) is 5.52. The molecule has 0 aliphatic rings. The van der Waals surface area contributed by atoms with Crippen molar-refractivity contribution in [2.75, 3.05) is 7.11 Å². The highest BCUT2D eigenvalue weighted by molar-refractivity contribution is 7.86. The summed E-state index contributed by atoms with van der Waals surface area (Å²) < 4.78 is 40.3. The molecule has 0 aliphatic heterocycles. The van der Waals surface area contributed by atoms with Gasteiger partial charge in [0.15, 0.2) is 0 Å². The second-order valence-corrected chi connectivity index (χ2v) is 4.65. The fraction of sp³-hybridized carbons (Fsp3) is 0.111. The average Bonchev–Trinajstić information content (AvgIpc) is 2.63. The monoisotopic (exact) mass is 229 g/mol. The predicted molar refractivity (Wildman–Crippen MR) is 52.5 cm³/mol. The van der Waals surface area contributed by atoms with Gasteiger partial charge in [-0.1, -0.05) is 0 Å². The molecule has 1 heterocycles. The Morgan fingerprint density at radius 3 is 2.80 bits per heavy atom. The Kier molecular flexibility index (Phi) is 2.24. The molecular formula is C9H8FNO3S. The Balaban J connectivity index is 2.76. The molecule has 0 fully saturated rings. The second kappa shape index (κ2) is 3.32. The molecule has 0 saturated heterocycles. The molecule has 4 nitrogen and oxygen atoms in total. The summed E-state index contributed by atoms with van der Waals surface area (Å²) in [6, 6.07) is 4.02. The van der Waals surface area contributed by atoms with Gasteiger partial charge in [0.05, 0.1) is 7.11 Å². The van der Waals surface area contributed by atoms with E-state index in [1.807, 2.05) is 0 Å². The van der Waals surface area contributed by atoms with Crippen molar-refractivity contribution in [3.8, 4) is 0 Å². The average molecular weight is 229 g/mol. The second-order valence-electron chi connectivity index (χ2n) is 2.97. The Labute approximate surface area is 85.8 Å². The molecule has 1 aromatic carbocycles. The Bertz CT molecular complexity index is 603. The molecule has 0 radical (unpaired) electrons. The van der Waals surface area contributed by atoms with Crippen LogP contribution in [0.5, 0.6) is 0 Å². The van der Waals surface area contributed by atoms with Crippen molar-refractivity contribution in [1.82, 2.24) is 4.98 Å². The van der Waals surface area contributed by atoms with E-state index in [0.717, 1.165) is 13.2 Å². The highest BCUT2D eigenvalue weighted by Gasteiger charge is 2.19. The number of benzene rings is 1. The van der Waals surface area contributed by atoms with Crippen molar-refractivity contribution in [3.05, 3.63) is 30.2 Å². The van der Waals surface area contributed by atoms with Crippen molar-refractivity contribution < 1.29 is 17.0 Å². The third-order valence-electron chi connectivity index (χ3n) is 2.09. The maximum absolute atomic E-state index is 13.4. The number of halogens is 1. The molecule has 80 valence electrons. The standard InChI is InChI=1S/C9H8FNO3S/c1-14-15(12,13)9-4-6-2-3-11-8(6)5-7(9)10/h2-5,11H,1H3. The zero-order chi connectivity index (χ0) is 11.1. The number of hydrogen-bond donors (Lipinski definition) is 1. The molecule has 0 aliphatic carbocycles. The Hall–Kier alpha value is -1.40. The quantitative estimate of drug-likeness (QED) is 0.796. The van der Waals surface area contributed by atoms with Crippen LogP contribution in [0.3, 0.4) is 0 Å². The van der Waals surface area contributed by atoms with Gasteiger partial charge in [-0.3, -0.25) is 4.18 Å². The molecule has 0 atom stereocenters. The minimum atomic E-state index is -3.99. The van der Waals surface area contributed by atoms with Gasteiger partial charge >= 0.3 is 0 Å². The van der Waals surface area contributed by atoms with Gasteiger partial charge in [0.2, 0.25) is 0 Å². The Morgan fingerprint density at radius 2 is 2.13 bits per heavy atom. The van der Waals surface area contributed by atoms with Crippen LogP contribution in [0.15, 0.2) is 29.3 Å². The van der Waals surface area contributed by atoms with Crippen molar-refractivity contribution >= 4 is 21.0 Å². The lowest BCUT2D eigenvalue weighted by atomic mass is 10.2. The molecule has 0 unspecified atom stereocenters. The van der Waals surface area contributed by atoms with Gasteiger partial charge in [-0.2, -0.15) is 8.42 Å². The molecule has 1 N–H and O–H groups in total. The highest BCUT2D eigenvalue weighted by Crippen LogP contribution is 2.22. The van der Waals surface area contributed by atoms with Gasteiger partial charge < -0.3 is 4.98 Å². The van der Waals surface area contributed by atoms with E-state index in [9.17, 15) is 12.8 Å². The predicted octanol–water partition coefficient (Wildman–Crippen LogP) is 1.64. The number of fused-ring (bicyclic) bond motifs is 1. The van der Waals surface area contributed by atoms with E-state index in [1.54, 1.807) is 12.3 Å². The SMILES string of the molecule is COS(=O)(=O)c1cc2cc[nH]c2cc1F. The first kappa shape index (κ1) is 10.1. The zero-order valence-electron chi connectivity index (χ0n) is 7.82. The number of aromatic amines is 1. The summed E-state index contributed by atoms with van der Waals surface area (Å²) in [6.07, 6.45) is 1.60. The lowest BCUT2D eigenvalue weighted by Crippen LogP contribution is -2.05. The fourth-order valence-corrected chi connectivity index (χ4v) is 2.08. The van der Waals surface area contributed by atoms with Crippen molar-refractivity contribution in [3.63, 3.8) is 0 Å². The number of H-pyrrole nitrogens is 1. The summed E-state index contributed by atoms with van der Waals surface area (Å²) in [7, 11) is -2.99. The van der Waals surface area contributed by atoms with Gasteiger partial charge in [-0.25, -0.2) is 4.39 Å². The maximum Gasteiger partial charge on any atom is 0.299 e. The van der Waals surface area contributed by atoms with Crippen molar-refractivity contribution in [1.29, 1.82) is 0 Å². The van der Waals surface area contributed by atoms with E-state index >= 15 is 0 Å². The van der Waals surface area contributed by atoms with Crippen LogP contribution in [0.4, 0.5) is 4.39 Å². The summed E-state index contributed by atoms with van der Waals surface area (Å²) in [4.78, 5) is 2.33. The summed E-state index contributed by atoms with van der Waals surface area (Å²) in [5, 5.41) is 0.618. The van der Waals surface area contributed by atoms with E-state index in [1.165, 1.54) is 6.07 Å². The lowest BCUT2D eigenvalue weighted by Gasteiger charge is -2.02. The normalized spacial score (nSPS) is 12.1. The van der Waals surface area contributed by atoms with E-state index in [4.69, 9.17) is 0 Å². The maximum atomic E-state index is 13.4. The summed E-state index contributed by atoms with van der Waals surface area (Å²) in [5.74, 6) is -0.827. The summed E-state index contributed by atoms with van der Waals surface area (Å²) >= 11 is 0. The van der Waals surface area contributed by atoms with Crippen LogP contribution in [-0.2, 0) is 14.3 Å². The van der Waals surface area contributed by atoms with E-state index in [0.29, 0.717) is 10.9 Å². The molecule has 2 aromatic rings. The number of hydrogen-bond acceptors (Lipinski definition) is 3. The van der Waals surface area contributed by atoms with Gasteiger partial charge in [0.1, 0.15) is 10.7 Å². The minimum absolute atomic E-state index is 0.447. The third kappa shape index (κ3) is 1.62. The molecular weight excluding hydrogens is 221 g/mol. The van der Waals surface area contributed by atoms with E-state index in [2.05, 4.69) is 9.17 Å². The van der Waals surface area contributed by atoms with Crippen LogP contribution in [0, 0.1) is 5.82 Å². The smallest absolute Gasteiger partial charge is 0.299 e. The van der Waals surface area contributed by atoms with Crippen LogP contribution < -0.4 is 0 Å². The van der Waals surface area contributed by atoms with Crippen LogP contribution in [0.25, 0.3) is 10.9 Å². The van der Waals surface area contributed by atoms with Gasteiger partial charge in [0, 0.05) is 17.1 Å². The summed E-state index contributed by atoms with van der Waals surface area (Å²) in [6.45, 7) is 0. The number of nitrogens with one attached hydrogen (secondary N) is 1. The van der Waals surface area contributed by atoms with Crippen molar-refractivity contribution in [2.45, 2.75) is 4.90 Å². The first-order valence-electron chi connectivity index (χ1n) is 4.12. The van der Waals surface area contributed by atoms with Crippen molar-refractivity contribution in [2.24, 2.45) is 0 Å². The fourth-order valence-electron chi connectivity index (χ4n) is 1.33. The lowest BCUT2D eigenvalue weighted by molar-refractivity contribution is 0.393. The van der Waals surface area contributed by atoms with E-state index < -0.39 is 20.8 Å². The van der Waals surface area contributed by atoms with Gasteiger partial charge in [-0.15, -0.1) is 0 Å². The molecule has 0 saturated carbocycles. The van der Waals surface area contributed by atoms with Gasteiger partial charge in [-0.05, 0) is 18.2 Å². The topological polar surface area (TPSA) is 59.2 Å². The number of aromatic nitrogens is 1. The highest BCUT2D eigenvalue weighted by atomic mass is 32.2. The third-order valence-corrected chi connectivity index (χ3v) is 3.38. The van der Waals surface area contributed by atoms with Gasteiger partial charge in [0.25, 0.3) is 10.1 Å². The Morgan fingerprint density at radius 1 is 1.40 bits per heavy atom. The van der Waals surface area contributed by atoms with Crippen LogP contribution >= 0.6 is 0 Å². The van der Waals surface area contributed by atoms with E-state index in [-0.39, 0.29) is 0 Å². The van der Waals surface area contributed by atoms with Crippen LogP contribution in [0.1, 0.15) is 0 Å². The molecule has 1 aromatic heterocycles. The van der Waals surface area contributed by atoms with Crippen LogP contribution in [0.2, 0.25) is 0 Å². The zero-order valence-corrected chi connectivity index (χ0v) is 8.64.